The molecule has 0 saturated carbocycles. The molecular formula is C17H18N4O3. The van der Waals surface area contributed by atoms with E-state index in [9.17, 15) is 9.90 Å². The van der Waals surface area contributed by atoms with Crippen LogP contribution in [0.3, 0.4) is 0 Å². The van der Waals surface area contributed by atoms with Crippen LogP contribution in [0, 0.1) is 13.8 Å². The van der Waals surface area contributed by atoms with E-state index >= 15 is 0 Å². The molecule has 0 spiro atoms. The van der Waals surface area contributed by atoms with Crippen LogP contribution in [0.25, 0.3) is 11.6 Å². The van der Waals surface area contributed by atoms with Gasteiger partial charge in [-0.2, -0.15) is 5.10 Å². The maximum Gasteiger partial charge on any atom is 0.255 e. The molecule has 0 aliphatic rings. The molecule has 7 heteroatoms. The molecule has 1 amide bonds. The number of carbonyl (C=O) groups excluding carboxylic acids is 1. The number of nitrogens with one attached hydrogen (secondary N) is 2. The van der Waals surface area contributed by atoms with Crippen LogP contribution in [-0.4, -0.2) is 32.7 Å². The van der Waals surface area contributed by atoms with Gasteiger partial charge in [0.15, 0.2) is 5.76 Å². The lowest BCUT2D eigenvalue weighted by atomic mass is 10.1. The first-order valence-electron chi connectivity index (χ1n) is 7.58. The van der Waals surface area contributed by atoms with Gasteiger partial charge in [0.1, 0.15) is 11.6 Å². The summed E-state index contributed by atoms with van der Waals surface area (Å²) >= 11 is 0. The van der Waals surface area contributed by atoms with Crippen LogP contribution in [0.5, 0.6) is 5.75 Å². The Kier molecular flexibility index (Phi) is 4.33. The van der Waals surface area contributed by atoms with Crippen molar-refractivity contribution in [1.29, 1.82) is 0 Å². The molecule has 0 bridgehead atoms. The number of phenols is 1. The summed E-state index contributed by atoms with van der Waals surface area (Å²) in [5.41, 5.74) is 1.88. The summed E-state index contributed by atoms with van der Waals surface area (Å²) in [6, 6.07) is 7.04. The van der Waals surface area contributed by atoms with E-state index in [2.05, 4.69) is 20.5 Å². The number of amides is 1. The van der Waals surface area contributed by atoms with Gasteiger partial charge in [0.2, 0.25) is 5.82 Å². The Bertz CT molecular complexity index is 853. The fraction of sp³-hybridized carbons (Fsp3) is 0.235. The first-order valence-corrected chi connectivity index (χ1v) is 7.58. The zero-order valence-corrected chi connectivity index (χ0v) is 13.5. The molecule has 3 aromatic rings. The van der Waals surface area contributed by atoms with Crippen molar-refractivity contribution in [2.45, 2.75) is 20.3 Å². The monoisotopic (exact) mass is 326 g/mol. The molecular weight excluding hydrogens is 308 g/mol. The number of aryl methyl sites for hydroxylation is 2. The van der Waals surface area contributed by atoms with Gasteiger partial charge >= 0.3 is 0 Å². The standard InChI is InChI=1S/C17H18N4O3/c1-10-8-11(2)15(22)12(9-10)17(23)18-6-5-14-19-16(21-20-14)13-4-3-7-24-13/h3-4,7-9,22H,5-6H2,1-2H3,(H,18,23)(H,19,20,21). The Labute approximate surface area is 138 Å². The minimum atomic E-state index is -0.315. The highest BCUT2D eigenvalue weighted by Crippen LogP contribution is 2.23. The Hall–Kier alpha value is -3.09. The lowest BCUT2D eigenvalue weighted by Crippen LogP contribution is -2.26. The van der Waals surface area contributed by atoms with Gasteiger partial charge in [0, 0.05) is 13.0 Å². The number of aromatic nitrogens is 3. The molecule has 1 aromatic carbocycles. The second-order valence-corrected chi connectivity index (χ2v) is 5.57. The number of phenolic OH excluding ortho intramolecular Hbond substituents is 1. The highest BCUT2D eigenvalue weighted by Gasteiger charge is 2.14. The quantitative estimate of drug-likeness (QED) is 0.667. The van der Waals surface area contributed by atoms with Crippen molar-refractivity contribution in [3.63, 3.8) is 0 Å². The van der Waals surface area contributed by atoms with Crippen molar-refractivity contribution in [3.8, 4) is 17.3 Å². The summed E-state index contributed by atoms with van der Waals surface area (Å²) in [5.74, 6) is 1.41. The topological polar surface area (TPSA) is 104 Å². The van der Waals surface area contributed by atoms with Gasteiger partial charge in [-0.1, -0.05) is 6.07 Å². The van der Waals surface area contributed by atoms with Gasteiger partial charge in [-0.25, -0.2) is 4.98 Å². The van der Waals surface area contributed by atoms with Crippen molar-refractivity contribution >= 4 is 5.91 Å². The maximum atomic E-state index is 12.2. The van der Waals surface area contributed by atoms with Crippen LogP contribution in [-0.2, 0) is 6.42 Å². The second kappa shape index (κ2) is 6.57. The average molecular weight is 326 g/mol. The molecule has 0 radical (unpaired) electrons. The Balaban J connectivity index is 1.60. The number of nitrogens with zero attached hydrogens (tertiary/aromatic N) is 2. The first kappa shape index (κ1) is 15.8. The van der Waals surface area contributed by atoms with Crippen LogP contribution in [0.1, 0.15) is 27.3 Å². The SMILES string of the molecule is Cc1cc(C)c(O)c(C(=O)NCCc2nc(-c3ccco3)n[nH]2)c1. The van der Waals surface area contributed by atoms with Crippen molar-refractivity contribution in [3.05, 3.63) is 53.0 Å². The van der Waals surface area contributed by atoms with E-state index in [1.54, 1.807) is 31.4 Å². The third kappa shape index (κ3) is 3.29. The van der Waals surface area contributed by atoms with E-state index in [4.69, 9.17) is 4.42 Å². The number of aromatic amines is 1. The molecule has 0 aliphatic heterocycles. The summed E-state index contributed by atoms with van der Waals surface area (Å²) in [6.07, 6.45) is 2.05. The number of hydrogen-bond acceptors (Lipinski definition) is 5. The number of benzene rings is 1. The van der Waals surface area contributed by atoms with Gasteiger partial charge in [-0.3, -0.25) is 9.89 Å². The first-order chi connectivity index (χ1) is 11.5. The molecule has 0 aliphatic carbocycles. The average Bonchev–Trinajstić information content (AvgIpc) is 3.21. The Morgan fingerprint density at radius 3 is 2.96 bits per heavy atom. The van der Waals surface area contributed by atoms with Crippen LogP contribution in [0.2, 0.25) is 0 Å². The fourth-order valence-corrected chi connectivity index (χ4v) is 2.45. The summed E-state index contributed by atoms with van der Waals surface area (Å²) in [4.78, 5) is 16.5. The predicted molar refractivity (Wildman–Crippen MR) is 87.7 cm³/mol. The van der Waals surface area contributed by atoms with E-state index < -0.39 is 0 Å². The van der Waals surface area contributed by atoms with Crippen molar-refractivity contribution < 1.29 is 14.3 Å². The normalized spacial score (nSPS) is 10.8. The summed E-state index contributed by atoms with van der Waals surface area (Å²) in [6.45, 7) is 4.02. The lowest BCUT2D eigenvalue weighted by Gasteiger charge is -2.09. The largest absolute Gasteiger partial charge is 0.507 e. The second-order valence-electron chi connectivity index (χ2n) is 5.57. The van der Waals surface area contributed by atoms with E-state index in [-0.39, 0.29) is 17.2 Å². The van der Waals surface area contributed by atoms with Crippen molar-refractivity contribution in [1.82, 2.24) is 20.5 Å². The number of H-pyrrole nitrogens is 1. The lowest BCUT2D eigenvalue weighted by molar-refractivity contribution is 0.0951. The van der Waals surface area contributed by atoms with Crippen LogP contribution in [0.4, 0.5) is 0 Å². The zero-order chi connectivity index (χ0) is 17.1. The summed E-state index contributed by atoms with van der Waals surface area (Å²) < 4.78 is 5.23. The van der Waals surface area contributed by atoms with E-state index in [0.29, 0.717) is 35.9 Å². The van der Waals surface area contributed by atoms with Crippen molar-refractivity contribution in [2.75, 3.05) is 6.54 Å². The van der Waals surface area contributed by atoms with Gasteiger partial charge in [-0.05, 0) is 43.2 Å². The van der Waals surface area contributed by atoms with Crippen LogP contribution >= 0.6 is 0 Å². The molecule has 7 nitrogen and oxygen atoms in total. The molecule has 0 saturated heterocycles. The minimum absolute atomic E-state index is 0.0119. The third-order valence-corrected chi connectivity index (χ3v) is 3.61. The summed E-state index contributed by atoms with van der Waals surface area (Å²) in [5, 5.41) is 19.7. The Morgan fingerprint density at radius 1 is 1.38 bits per heavy atom. The predicted octanol–water partition coefficient (Wildman–Crippen LogP) is 2.36. The molecule has 0 atom stereocenters. The fourth-order valence-electron chi connectivity index (χ4n) is 2.45. The molecule has 0 fully saturated rings. The number of aromatic hydroxyl groups is 1. The van der Waals surface area contributed by atoms with Crippen LogP contribution in [0.15, 0.2) is 34.9 Å². The Morgan fingerprint density at radius 2 is 2.21 bits per heavy atom. The molecule has 2 aromatic heterocycles. The van der Waals surface area contributed by atoms with E-state index in [0.717, 1.165) is 5.56 Å². The van der Waals surface area contributed by atoms with Gasteiger partial charge in [0.25, 0.3) is 5.91 Å². The number of hydrogen-bond donors (Lipinski definition) is 3. The number of rotatable bonds is 5. The number of furan rings is 1. The zero-order valence-electron chi connectivity index (χ0n) is 13.5. The van der Waals surface area contributed by atoms with E-state index in [1.165, 1.54) is 0 Å². The van der Waals surface area contributed by atoms with Crippen molar-refractivity contribution in [2.24, 2.45) is 0 Å². The highest BCUT2D eigenvalue weighted by molar-refractivity contribution is 5.97. The molecule has 3 rings (SSSR count). The molecule has 124 valence electrons. The minimum Gasteiger partial charge on any atom is -0.507 e. The van der Waals surface area contributed by atoms with Gasteiger partial charge < -0.3 is 14.8 Å². The van der Waals surface area contributed by atoms with Gasteiger partial charge in [0.05, 0.1) is 11.8 Å². The van der Waals surface area contributed by atoms with Gasteiger partial charge in [-0.15, -0.1) is 0 Å². The molecule has 24 heavy (non-hydrogen) atoms. The third-order valence-electron chi connectivity index (χ3n) is 3.61. The molecule has 0 unspecified atom stereocenters. The summed E-state index contributed by atoms with van der Waals surface area (Å²) in [7, 11) is 0. The number of carbonyl (C=O) groups is 1. The van der Waals surface area contributed by atoms with E-state index in [1.807, 2.05) is 13.0 Å². The maximum absolute atomic E-state index is 12.2. The highest BCUT2D eigenvalue weighted by atomic mass is 16.3. The molecule has 2 heterocycles. The van der Waals surface area contributed by atoms with Crippen LogP contribution < -0.4 is 5.32 Å². The molecule has 3 N–H and O–H groups in total. The smallest absolute Gasteiger partial charge is 0.255 e.